The van der Waals surface area contributed by atoms with Crippen molar-refractivity contribution in [3.8, 4) is 0 Å². The molecule has 2 aliphatic rings. The minimum absolute atomic E-state index is 0. The minimum atomic E-state index is 0. The molecule has 1 amide bonds. The average molecular weight is 326 g/mol. The average Bonchev–Trinajstić information content (AvgIpc) is 2.41. The van der Waals surface area contributed by atoms with Crippen LogP contribution in [-0.4, -0.2) is 54.5 Å². The number of hydrogen-bond donors (Lipinski definition) is 1. The summed E-state index contributed by atoms with van der Waals surface area (Å²) in [7, 11) is 0. The zero-order chi connectivity index (χ0) is 13.0. The Bertz CT molecular complexity index is 284. The quantitative estimate of drug-likeness (QED) is 0.862. The third-order valence-electron chi connectivity index (χ3n) is 4.58. The van der Waals surface area contributed by atoms with E-state index in [1.54, 1.807) is 0 Å². The van der Waals surface area contributed by atoms with Crippen molar-refractivity contribution in [2.75, 3.05) is 32.7 Å². The number of carbonyl (C=O) groups is 1. The van der Waals surface area contributed by atoms with E-state index in [1.807, 2.05) is 4.90 Å². The second kappa shape index (κ2) is 9.82. The second-order valence-corrected chi connectivity index (χ2v) is 5.73. The monoisotopic (exact) mass is 325 g/mol. The number of nitrogens with zero attached hydrogens (tertiary/aromatic N) is 2. The SMILES string of the molecule is CCN1CCN(C(=O)CC2CCCCC2N)CC1.Cl.Cl. The topological polar surface area (TPSA) is 49.6 Å². The maximum atomic E-state index is 12.3. The Morgan fingerprint density at radius 2 is 1.70 bits per heavy atom. The lowest BCUT2D eigenvalue weighted by molar-refractivity contribution is -0.134. The third kappa shape index (κ3) is 5.40. The van der Waals surface area contributed by atoms with Crippen molar-refractivity contribution in [3.05, 3.63) is 0 Å². The largest absolute Gasteiger partial charge is 0.340 e. The van der Waals surface area contributed by atoms with Crippen molar-refractivity contribution in [3.63, 3.8) is 0 Å². The van der Waals surface area contributed by atoms with Gasteiger partial charge in [-0.1, -0.05) is 19.8 Å². The Balaban J connectivity index is 0.00000180. The first-order valence-corrected chi connectivity index (χ1v) is 7.46. The fourth-order valence-corrected chi connectivity index (χ4v) is 3.16. The van der Waals surface area contributed by atoms with Gasteiger partial charge in [-0.2, -0.15) is 0 Å². The van der Waals surface area contributed by atoms with E-state index in [2.05, 4.69) is 11.8 Å². The Hall–Kier alpha value is -0.0300. The standard InChI is InChI=1S/C14H27N3O.2ClH/c1-2-16-7-9-17(10-8-16)14(18)11-12-5-3-4-6-13(12)15;;/h12-13H,2-11,15H2,1H3;2*1H. The van der Waals surface area contributed by atoms with E-state index in [0.29, 0.717) is 18.2 Å². The molecule has 2 rings (SSSR count). The normalized spacial score (nSPS) is 27.4. The Labute approximate surface area is 135 Å². The molecule has 0 bridgehead atoms. The van der Waals surface area contributed by atoms with Crippen LogP contribution in [0.3, 0.4) is 0 Å². The molecular weight excluding hydrogens is 297 g/mol. The van der Waals surface area contributed by atoms with E-state index >= 15 is 0 Å². The van der Waals surface area contributed by atoms with E-state index in [9.17, 15) is 4.79 Å². The van der Waals surface area contributed by atoms with Gasteiger partial charge in [0.25, 0.3) is 0 Å². The summed E-state index contributed by atoms with van der Waals surface area (Å²) in [6.07, 6.45) is 5.40. The van der Waals surface area contributed by atoms with Gasteiger partial charge in [-0.05, 0) is 25.3 Å². The fraction of sp³-hybridized carbons (Fsp3) is 0.929. The minimum Gasteiger partial charge on any atom is -0.340 e. The van der Waals surface area contributed by atoms with E-state index < -0.39 is 0 Å². The zero-order valence-corrected chi connectivity index (χ0v) is 14.1. The number of rotatable bonds is 3. The number of hydrogen-bond acceptors (Lipinski definition) is 3. The summed E-state index contributed by atoms with van der Waals surface area (Å²) in [5.41, 5.74) is 6.12. The van der Waals surface area contributed by atoms with Crippen LogP contribution in [0.15, 0.2) is 0 Å². The van der Waals surface area contributed by atoms with Crippen LogP contribution in [0.4, 0.5) is 0 Å². The summed E-state index contributed by atoms with van der Waals surface area (Å²) in [6.45, 7) is 7.12. The van der Waals surface area contributed by atoms with E-state index in [1.165, 1.54) is 12.8 Å². The fourth-order valence-electron chi connectivity index (χ4n) is 3.16. The number of piperazine rings is 1. The summed E-state index contributed by atoms with van der Waals surface area (Å²) in [5, 5.41) is 0. The van der Waals surface area contributed by atoms with Gasteiger partial charge in [0.1, 0.15) is 0 Å². The van der Waals surface area contributed by atoms with Gasteiger partial charge in [0.15, 0.2) is 0 Å². The molecule has 1 saturated carbocycles. The summed E-state index contributed by atoms with van der Waals surface area (Å²) < 4.78 is 0. The van der Waals surface area contributed by atoms with Gasteiger partial charge in [-0.25, -0.2) is 0 Å². The van der Waals surface area contributed by atoms with Crippen LogP contribution >= 0.6 is 24.8 Å². The van der Waals surface area contributed by atoms with Crippen LogP contribution < -0.4 is 5.73 Å². The van der Waals surface area contributed by atoms with Crippen molar-refractivity contribution in [1.82, 2.24) is 9.80 Å². The van der Waals surface area contributed by atoms with Gasteiger partial charge in [0.05, 0.1) is 0 Å². The van der Waals surface area contributed by atoms with Crippen LogP contribution in [0.2, 0.25) is 0 Å². The highest BCUT2D eigenvalue weighted by atomic mass is 35.5. The first-order valence-electron chi connectivity index (χ1n) is 7.46. The molecule has 1 aliphatic heterocycles. The molecule has 2 atom stereocenters. The Kier molecular flexibility index (Phi) is 9.81. The molecule has 2 unspecified atom stereocenters. The number of amides is 1. The van der Waals surface area contributed by atoms with Gasteiger partial charge in [0, 0.05) is 38.6 Å². The van der Waals surface area contributed by atoms with Crippen LogP contribution in [0.5, 0.6) is 0 Å². The molecule has 1 aliphatic carbocycles. The lowest BCUT2D eigenvalue weighted by Crippen LogP contribution is -2.49. The highest BCUT2D eigenvalue weighted by molar-refractivity contribution is 5.85. The van der Waals surface area contributed by atoms with Crippen molar-refractivity contribution in [1.29, 1.82) is 0 Å². The Morgan fingerprint density at radius 3 is 2.25 bits per heavy atom. The lowest BCUT2D eigenvalue weighted by atomic mass is 9.82. The smallest absolute Gasteiger partial charge is 0.222 e. The molecule has 0 aromatic rings. The summed E-state index contributed by atoms with van der Waals surface area (Å²) in [4.78, 5) is 16.7. The van der Waals surface area contributed by atoms with Crippen LogP contribution in [-0.2, 0) is 4.79 Å². The first-order chi connectivity index (χ1) is 8.70. The third-order valence-corrected chi connectivity index (χ3v) is 4.58. The summed E-state index contributed by atoms with van der Waals surface area (Å²) in [6, 6.07) is 0.250. The van der Waals surface area contributed by atoms with E-state index in [-0.39, 0.29) is 30.9 Å². The maximum Gasteiger partial charge on any atom is 0.222 e. The molecule has 0 aromatic carbocycles. The summed E-state index contributed by atoms with van der Waals surface area (Å²) >= 11 is 0. The van der Waals surface area contributed by atoms with Gasteiger partial charge in [-0.15, -0.1) is 24.8 Å². The predicted molar refractivity (Wildman–Crippen MR) is 87.7 cm³/mol. The molecule has 0 aromatic heterocycles. The molecule has 6 heteroatoms. The van der Waals surface area contributed by atoms with Crippen molar-refractivity contribution < 1.29 is 4.79 Å². The summed E-state index contributed by atoms with van der Waals surface area (Å²) in [5.74, 6) is 0.753. The number of halogens is 2. The number of carbonyl (C=O) groups excluding carboxylic acids is 1. The molecule has 2 fully saturated rings. The molecule has 0 spiro atoms. The maximum absolute atomic E-state index is 12.3. The van der Waals surface area contributed by atoms with E-state index in [0.717, 1.165) is 45.6 Å². The van der Waals surface area contributed by atoms with Crippen molar-refractivity contribution >= 4 is 30.7 Å². The van der Waals surface area contributed by atoms with Gasteiger partial charge in [-0.3, -0.25) is 4.79 Å². The highest BCUT2D eigenvalue weighted by Crippen LogP contribution is 2.26. The molecule has 120 valence electrons. The molecule has 20 heavy (non-hydrogen) atoms. The predicted octanol–water partition coefficient (Wildman–Crippen LogP) is 1.90. The second-order valence-electron chi connectivity index (χ2n) is 5.73. The van der Waals surface area contributed by atoms with Gasteiger partial charge < -0.3 is 15.5 Å². The van der Waals surface area contributed by atoms with Gasteiger partial charge in [0.2, 0.25) is 5.91 Å². The van der Waals surface area contributed by atoms with Crippen molar-refractivity contribution in [2.45, 2.75) is 45.1 Å². The number of likely N-dealkylation sites (N-methyl/N-ethyl adjacent to an activating group) is 1. The van der Waals surface area contributed by atoms with Gasteiger partial charge >= 0.3 is 0 Å². The highest BCUT2D eigenvalue weighted by Gasteiger charge is 2.27. The van der Waals surface area contributed by atoms with Crippen molar-refractivity contribution in [2.24, 2.45) is 11.7 Å². The molecule has 1 saturated heterocycles. The first kappa shape index (κ1) is 20.0. The van der Waals surface area contributed by atoms with Crippen LogP contribution in [0.25, 0.3) is 0 Å². The molecule has 4 nitrogen and oxygen atoms in total. The molecule has 0 radical (unpaired) electrons. The zero-order valence-electron chi connectivity index (χ0n) is 12.4. The lowest BCUT2D eigenvalue weighted by Gasteiger charge is -2.36. The van der Waals surface area contributed by atoms with E-state index in [4.69, 9.17) is 5.73 Å². The molecule has 1 heterocycles. The van der Waals surface area contributed by atoms with Crippen LogP contribution in [0.1, 0.15) is 39.0 Å². The molecular formula is C14H29Cl2N3O. The van der Waals surface area contributed by atoms with Crippen LogP contribution in [0, 0.1) is 5.92 Å². The number of nitrogens with two attached hydrogens (primary N) is 1. The Morgan fingerprint density at radius 1 is 1.10 bits per heavy atom. The molecule has 2 N–H and O–H groups in total.